The minimum Gasteiger partial charge on any atom is -0.481 e. The van der Waals surface area contributed by atoms with E-state index >= 15 is 0 Å². The average molecular weight is 224 g/mol. The van der Waals surface area contributed by atoms with E-state index in [4.69, 9.17) is 5.11 Å². The number of carboxylic acid groups (broad SMARTS) is 1. The Morgan fingerprint density at radius 2 is 2.19 bits per heavy atom. The monoisotopic (exact) mass is 224 g/mol. The Hall–Kier alpha value is -1.85. The minimum atomic E-state index is -0.832. The summed E-state index contributed by atoms with van der Waals surface area (Å²) < 4.78 is 0. The van der Waals surface area contributed by atoms with Crippen LogP contribution < -0.4 is 10.6 Å². The third kappa shape index (κ3) is 4.12. The lowest BCUT2D eigenvalue weighted by molar-refractivity contribution is -0.137. The van der Waals surface area contributed by atoms with E-state index in [0.717, 1.165) is 12.4 Å². The number of hydrogen-bond donors (Lipinski definition) is 3. The molecule has 1 rings (SSSR count). The number of hydrogen-bond acceptors (Lipinski definition) is 5. The lowest BCUT2D eigenvalue weighted by Crippen LogP contribution is -2.20. The molecule has 0 fully saturated rings. The molecular weight excluding hydrogens is 208 g/mol. The van der Waals surface area contributed by atoms with Crippen molar-refractivity contribution in [2.24, 2.45) is 0 Å². The molecule has 88 valence electrons. The first-order chi connectivity index (χ1) is 7.61. The minimum absolute atomic E-state index is 0.0561. The summed E-state index contributed by atoms with van der Waals surface area (Å²) in [6.45, 7) is 4.55. The molecule has 0 bridgehead atoms. The molecule has 3 N–H and O–H groups in total. The Bertz CT molecular complexity index is 356. The Morgan fingerprint density at radius 3 is 2.81 bits per heavy atom. The second kappa shape index (κ2) is 5.89. The molecule has 1 aromatic heterocycles. The highest BCUT2D eigenvalue weighted by molar-refractivity contribution is 5.68. The van der Waals surface area contributed by atoms with E-state index in [2.05, 4.69) is 20.6 Å². The van der Waals surface area contributed by atoms with Crippen molar-refractivity contribution in [3.8, 4) is 0 Å². The standard InChI is InChI=1S/C10H16N4O2/c1-3-11-8-5-9(13-6-12-8)14-7(2)4-10(15)16/h5-7H,3-4H2,1-2H3,(H,15,16)(H2,11,12,13,14). The third-order valence-corrected chi connectivity index (χ3v) is 1.90. The molecule has 1 atom stereocenters. The second-order valence-corrected chi connectivity index (χ2v) is 3.46. The molecule has 0 aliphatic rings. The van der Waals surface area contributed by atoms with Crippen LogP contribution in [0.15, 0.2) is 12.4 Å². The molecule has 0 aromatic carbocycles. The smallest absolute Gasteiger partial charge is 0.305 e. The zero-order valence-electron chi connectivity index (χ0n) is 9.40. The summed E-state index contributed by atoms with van der Waals surface area (Å²) in [5.74, 6) is 0.517. The first-order valence-corrected chi connectivity index (χ1v) is 5.16. The van der Waals surface area contributed by atoms with Gasteiger partial charge in [-0.05, 0) is 13.8 Å². The van der Waals surface area contributed by atoms with Crippen LogP contribution in [0, 0.1) is 0 Å². The Morgan fingerprint density at radius 1 is 1.50 bits per heavy atom. The Kier molecular flexibility index (Phi) is 4.50. The molecule has 6 nitrogen and oxygen atoms in total. The topological polar surface area (TPSA) is 87.1 Å². The van der Waals surface area contributed by atoms with Crippen molar-refractivity contribution < 1.29 is 9.90 Å². The van der Waals surface area contributed by atoms with Gasteiger partial charge >= 0.3 is 5.97 Å². The van der Waals surface area contributed by atoms with Gasteiger partial charge in [0.15, 0.2) is 0 Å². The van der Waals surface area contributed by atoms with E-state index in [9.17, 15) is 4.79 Å². The predicted octanol–water partition coefficient (Wildman–Crippen LogP) is 1.18. The summed E-state index contributed by atoms with van der Waals surface area (Å²) in [6, 6.07) is 1.59. The maximum Gasteiger partial charge on any atom is 0.305 e. The second-order valence-electron chi connectivity index (χ2n) is 3.46. The van der Waals surface area contributed by atoms with Crippen LogP contribution in [0.5, 0.6) is 0 Å². The van der Waals surface area contributed by atoms with Crippen molar-refractivity contribution >= 4 is 17.6 Å². The van der Waals surface area contributed by atoms with Gasteiger partial charge in [-0.3, -0.25) is 4.79 Å². The quantitative estimate of drug-likeness (QED) is 0.672. The van der Waals surface area contributed by atoms with E-state index in [1.54, 1.807) is 13.0 Å². The largest absolute Gasteiger partial charge is 0.481 e. The van der Waals surface area contributed by atoms with Crippen molar-refractivity contribution in [3.05, 3.63) is 12.4 Å². The van der Waals surface area contributed by atoms with Gasteiger partial charge in [-0.25, -0.2) is 9.97 Å². The van der Waals surface area contributed by atoms with E-state index in [0.29, 0.717) is 5.82 Å². The number of anilines is 2. The summed E-state index contributed by atoms with van der Waals surface area (Å²) in [5, 5.41) is 14.7. The molecule has 0 amide bonds. The van der Waals surface area contributed by atoms with Crippen LogP contribution in [0.1, 0.15) is 20.3 Å². The number of rotatable bonds is 6. The molecule has 6 heteroatoms. The molecule has 0 saturated heterocycles. The van der Waals surface area contributed by atoms with Gasteiger partial charge in [0.1, 0.15) is 18.0 Å². The van der Waals surface area contributed by atoms with Crippen molar-refractivity contribution in [1.29, 1.82) is 0 Å². The van der Waals surface area contributed by atoms with E-state index in [-0.39, 0.29) is 12.5 Å². The number of carboxylic acids is 1. The van der Waals surface area contributed by atoms with Gasteiger partial charge in [0.05, 0.1) is 6.42 Å². The van der Waals surface area contributed by atoms with Gasteiger partial charge in [0, 0.05) is 18.7 Å². The molecule has 1 unspecified atom stereocenters. The van der Waals surface area contributed by atoms with E-state index in [1.165, 1.54) is 6.33 Å². The fraction of sp³-hybridized carbons (Fsp3) is 0.500. The molecule has 0 saturated carbocycles. The zero-order chi connectivity index (χ0) is 12.0. The zero-order valence-corrected chi connectivity index (χ0v) is 9.40. The Labute approximate surface area is 94.1 Å². The first-order valence-electron chi connectivity index (χ1n) is 5.16. The van der Waals surface area contributed by atoms with Crippen LogP contribution in [0.3, 0.4) is 0 Å². The maximum atomic E-state index is 10.5. The molecule has 0 aliphatic heterocycles. The van der Waals surface area contributed by atoms with Crippen LogP contribution >= 0.6 is 0 Å². The van der Waals surface area contributed by atoms with Crippen LogP contribution in [0.4, 0.5) is 11.6 Å². The number of aliphatic carboxylic acids is 1. The van der Waals surface area contributed by atoms with Gasteiger partial charge in [-0.1, -0.05) is 0 Å². The maximum absolute atomic E-state index is 10.5. The van der Waals surface area contributed by atoms with Gasteiger partial charge < -0.3 is 15.7 Å². The summed E-state index contributed by atoms with van der Waals surface area (Å²) in [5.41, 5.74) is 0. The molecule has 0 spiro atoms. The van der Waals surface area contributed by atoms with Gasteiger partial charge in [0.25, 0.3) is 0 Å². The average Bonchev–Trinajstić information content (AvgIpc) is 2.17. The highest BCUT2D eigenvalue weighted by Crippen LogP contribution is 2.10. The third-order valence-electron chi connectivity index (χ3n) is 1.90. The lowest BCUT2D eigenvalue weighted by Gasteiger charge is -2.12. The van der Waals surface area contributed by atoms with Crippen LogP contribution in [0.25, 0.3) is 0 Å². The summed E-state index contributed by atoms with van der Waals surface area (Å²) in [4.78, 5) is 18.5. The van der Waals surface area contributed by atoms with Gasteiger partial charge in [-0.15, -0.1) is 0 Å². The number of nitrogens with one attached hydrogen (secondary N) is 2. The molecule has 1 heterocycles. The molecule has 0 aliphatic carbocycles. The highest BCUT2D eigenvalue weighted by atomic mass is 16.4. The predicted molar refractivity (Wildman–Crippen MR) is 61.5 cm³/mol. The molecule has 16 heavy (non-hydrogen) atoms. The van der Waals surface area contributed by atoms with Crippen molar-refractivity contribution in [3.63, 3.8) is 0 Å². The fourth-order valence-electron chi connectivity index (χ4n) is 1.28. The summed E-state index contributed by atoms with van der Waals surface area (Å²) >= 11 is 0. The fourth-order valence-corrected chi connectivity index (χ4v) is 1.28. The molecular formula is C10H16N4O2. The lowest BCUT2D eigenvalue weighted by atomic mass is 10.2. The van der Waals surface area contributed by atoms with Gasteiger partial charge in [-0.2, -0.15) is 0 Å². The highest BCUT2D eigenvalue weighted by Gasteiger charge is 2.08. The number of carbonyl (C=O) groups is 1. The number of aromatic nitrogens is 2. The van der Waals surface area contributed by atoms with Crippen molar-refractivity contribution in [2.45, 2.75) is 26.3 Å². The molecule has 0 radical (unpaired) electrons. The van der Waals surface area contributed by atoms with E-state index < -0.39 is 5.97 Å². The normalized spacial score (nSPS) is 11.9. The molecule has 1 aromatic rings. The van der Waals surface area contributed by atoms with Crippen LogP contribution in [-0.4, -0.2) is 33.6 Å². The van der Waals surface area contributed by atoms with Crippen molar-refractivity contribution in [1.82, 2.24) is 9.97 Å². The number of nitrogens with zero attached hydrogens (tertiary/aromatic N) is 2. The summed E-state index contributed by atoms with van der Waals surface area (Å²) in [6.07, 6.45) is 1.49. The van der Waals surface area contributed by atoms with Crippen LogP contribution in [-0.2, 0) is 4.79 Å². The SMILES string of the molecule is CCNc1cc(NC(C)CC(=O)O)ncn1. The first kappa shape index (κ1) is 12.2. The summed E-state index contributed by atoms with van der Waals surface area (Å²) in [7, 11) is 0. The van der Waals surface area contributed by atoms with Gasteiger partial charge in [0.2, 0.25) is 0 Å². The van der Waals surface area contributed by atoms with Crippen LogP contribution in [0.2, 0.25) is 0 Å². The van der Waals surface area contributed by atoms with E-state index in [1.807, 2.05) is 6.92 Å². The Balaban J connectivity index is 2.59. The van der Waals surface area contributed by atoms with Crippen molar-refractivity contribution in [2.75, 3.05) is 17.2 Å².